The Morgan fingerprint density at radius 2 is 1.77 bits per heavy atom. The van der Waals surface area contributed by atoms with Crippen LogP contribution in [0.25, 0.3) is 5.76 Å². The molecule has 1 amide bonds. The summed E-state index contributed by atoms with van der Waals surface area (Å²) in [5.41, 5.74) is 0.570. The first kappa shape index (κ1) is 26.4. The maximum atomic E-state index is 14.5. The summed E-state index contributed by atoms with van der Waals surface area (Å²) in [4.78, 5) is 29.4. The molecule has 39 heavy (non-hydrogen) atoms. The van der Waals surface area contributed by atoms with Crippen molar-refractivity contribution in [1.29, 1.82) is 0 Å². The van der Waals surface area contributed by atoms with E-state index in [4.69, 9.17) is 14.2 Å². The summed E-state index contributed by atoms with van der Waals surface area (Å²) >= 11 is 0. The minimum Gasteiger partial charge on any atom is -0.507 e. The van der Waals surface area contributed by atoms with Crippen molar-refractivity contribution in [2.45, 2.75) is 6.04 Å². The molecule has 0 spiro atoms. The van der Waals surface area contributed by atoms with E-state index in [-0.39, 0.29) is 16.9 Å². The smallest absolute Gasteiger partial charge is 0.295 e. The van der Waals surface area contributed by atoms with Crippen LogP contribution in [-0.2, 0) is 14.3 Å². The lowest BCUT2D eigenvalue weighted by Crippen LogP contribution is -3.14. The van der Waals surface area contributed by atoms with E-state index < -0.39 is 29.3 Å². The van der Waals surface area contributed by atoms with Crippen LogP contribution in [0.4, 0.5) is 4.39 Å². The molecule has 0 radical (unpaired) electrons. The summed E-state index contributed by atoms with van der Waals surface area (Å²) in [6.07, 6.45) is 0. The number of quaternary nitrogens is 1. The lowest BCUT2D eigenvalue weighted by Gasteiger charge is -2.29. The number of benzene rings is 3. The molecule has 202 valence electrons. The van der Waals surface area contributed by atoms with Crippen molar-refractivity contribution in [2.24, 2.45) is 0 Å². The number of rotatable bonds is 8. The number of hydrogen-bond donors (Lipinski definition) is 2. The van der Waals surface area contributed by atoms with Gasteiger partial charge < -0.3 is 29.1 Å². The molecule has 0 bridgehead atoms. The number of carbonyl (C=O) groups is 2. The summed E-state index contributed by atoms with van der Waals surface area (Å²) in [6, 6.07) is 19.4. The Labute approximate surface area is 225 Å². The largest absolute Gasteiger partial charge is 0.507 e. The van der Waals surface area contributed by atoms with Crippen molar-refractivity contribution in [1.82, 2.24) is 4.90 Å². The highest BCUT2D eigenvalue weighted by atomic mass is 19.1. The fraction of sp³-hybridized carbons (Fsp3) is 0.267. The van der Waals surface area contributed by atoms with E-state index in [0.717, 1.165) is 19.2 Å². The first-order valence-corrected chi connectivity index (χ1v) is 12.8. The molecular formula is C30H30FN2O6+. The molecule has 5 rings (SSSR count). The van der Waals surface area contributed by atoms with Crippen LogP contribution < -0.4 is 14.4 Å². The molecule has 9 heteroatoms. The number of halogens is 1. The predicted molar refractivity (Wildman–Crippen MR) is 141 cm³/mol. The maximum absolute atomic E-state index is 14.5. The number of hydrogen-bond acceptors (Lipinski definition) is 6. The molecule has 3 aromatic carbocycles. The van der Waals surface area contributed by atoms with E-state index in [9.17, 15) is 19.1 Å². The Morgan fingerprint density at radius 1 is 1.03 bits per heavy atom. The third-order valence-electron chi connectivity index (χ3n) is 7.02. The number of amides is 1. The summed E-state index contributed by atoms with van der Waals surface area (Å²) in [5.74, 6) is -1.52. The monoisotopic (exact) mass is 533 g/mol. The van der Waals surface area contributed by atoms with Gasteiger partial charge in [0.2, 0.25) is 0 Å². The van der Waals surface area contributed by atoms with Crippen LogP contribution in [0.1, 0.15) is 17.2 Å². The number of ketones is 1. The minimum absolute atomic E-state index is 0.00259. The van der Waals surface area contributed by atoms with Gasteiger partial charge in [0.05, 0.1) is 45.0 Å². The van der Waals surface area contributed by atoms with E-state index in [1.54, 1.807) is 24.3 Å². The van der Waals surface area contributed by atoms with Gasteiger partial charge in [-0.1, -0.05) is 30.3 Å². The van der Waals surface area contributed by atoms with Crippen LogP contribution in [0.5, 0.6) is 17.2 Å². The highest BCUT2D eigenvalue weighted by Gasteiger charge is 2.46. The van der Waals surface area contributed by atoms with Gasteiger partial charge in [-0.25, -0.2) is 4.39 Å². The molecule has 2 fully saturated rings. The summed E-state index contributed by atoms with van der Waals surface area (Å²) in [7, 11) is 1.34. The molecule has 1 atom stereocenters. The summed E-state index contributed by atoms with van der Waals surface area (Å²) in [6.45, 7) is 3.80. The van der Waals surface area contributed by atoms with Crippen LogP contribution in [-0.4, -0.2) is 68.2 Å². The molecule has 2 saturated heterocycles. The van der Waals surface area contributed by atoms with Gasteiger partial charge >= 0.3 is 0 Å². The molecular weight excluding hydrogens is 503 g/mol. The van der Waals surface area contributed by atoms with E-state index >= 15 is 0 Å². The van der Waals surface area contributed by atoms with Gasteiger partial charge in [0.1, 0.15) is 30.3 Å². The van der Waals surface area contributed by atoms with E-state index in [1.165, 1.54) is 29.0 Å². The maximum Gasteiger partial charge on any atom is 0.295 e. The number of nitrogens with one attached hydrogen (secondary N) is 1. The molecule has 2 N–H and O–H groups in total. The van der Waals surface area contributed by atoms with Crippen molar-refractivity contribution in [3.8, 4) is 17.2 Å². The summed E-state index contributed by atoms with van der Waals surface area (Å²) in [5, 5.41) is 11.3. The molecule has 0 aromatic heterocycles. The van der Waals surface area contributed by atoms with E-state index in [1.807, 2.05) is 30.3 Å². The quantitative estimate of drug-likeness (QED) is 0.263. The minimum atomic E-state index is -0.880. The van der Waals surface area contributed by atoms with Gasteiger partial charge in [-0.05, 0) is 48.0 Å². The van der Waals surface area contributed by atoms with Crippen LogP contribution >= 0.6 is 0 Å². The molecule has 0 unspecified atom stereocenters. The van der Waals surface area contributed by atoms with Crippen LogP contribution in [0.3, 0.4) is 0 Å². The number of methoxy groups -OCH3 is 1. The molecule has 0 aliphatic carbocycles. The zero-order valence-corrected chi connectivity index (χ0v) is 21.6. The number of nitrogens with zero attached hydrogens (tertiary/aromatic N) is 1. The Hall–Kier alpha value is -4.21. The fourth-order valence-electron chi connectivity index (χ4n) is 4.99. The molecule has 0 saturated carbocycles. The number of aliphatic hydroxyl groups is 1. The predicted octanol–water partition coefficient (Wildman–Crippen LogP) is 2.96. The van der Waals surface area contributed by atoms with Gasteiger partial charge in [-0.3, -0.25) is 9.59 Å². The van der Waals surface area contributed by atoms with Crippen molar-refractivity contribution in [2.75, 3.05) is 46.5 Å². The van der Waals surface area contributed by atoms with Crippen molar-refractivity contribution >= 4 is 17.4 Å². The SMILES string of the molecule is COc1ccc(C(O)=C2C(=O)C(=O)N(CC[NH+]3CCOCC3)[C@@H]2c2cccc(Oc3ccccc3)c2)cc1F. The van der Waals surface area contributed by atoms with Crippen LogP contribution in [0.15, 0.2) is 78.4 Å². The van der Waals surface area contributed by atoms with Crippen molar-refractivity contribution < 1.29 is 38.2 Å². The molecule has 2 aliphatic heterocycles. The first-order chi connectivity index (χ1) is 19.0. The second kappa shape index (κ2) is 11.7. The van der Waals surface area contributed by atoms with E-state index in [2.05, 4.69) is 0 Å². The second-order valence-corrected chi connectivity index (χ2v) is 9.44. The van der Waals surface area contributed by atoms with Gasteiger partial charge in [0.15, 0.2) is 11.6 Å². The summed E-state index contributed by atoms with van der Waals surface area (Å²) < 4.78 is 30.9. The molecule has 2 aliphatic rings. The standard InChI is InChI=1S/C30H29FN2O6/c1-37-25-11-10-21(19-24(25)31)28(34)26-27(20-6-5-9-23(18-20)39-22-7-3-2-4-8-22)33(30(36)29(26)35)13-12-32-14-16-38-17-15-32/h2-11,18-19,27,34H,12-17H2,1H3/p+1/t27-/m1/s1. The fourth-order valence-corrected chi connectivity index (χ4v) is 4.99. The Kier molecular flexibility index (Phi) is 7.90. The van der Waals surface area contributed by atoms with Gasteiger partial charge in [0.25, 0.3) is 11.7 Å². The normalized spacial score (nSPS) is 19.3. The average molecular weight is 534 g/mol. The Morgan fingerprint density at radius 3 is 2.49 bits per heavy atom. The van der Waals surface area contributed by atoms with Gasteiger partial charge in [-0.2, -0.15) is 0 Å². The number of para-hydroxylation sites is 1. The van der Waals surface area contributed by atoms with E-state index in [0.29, 0.717) is 43.4 Å². The van der Waals surface area contributed by atoms with Crippen molar-refractivity contribution in [3.63, 3.8) is 0 Å². The number of carbonyl (C=O) groups excluding carboxylic acids is 2. The van der Waals surface area contributed by atoms with Crippen molar-refractivity contribution in [3.05, 3.63) is 95.3 Å². The second-order valence-electron chi connectivity index (χ2n) is 9.44. The number of ether oxygens (including phenoxy) is 3. The molecule has 2 heterocycles. The number of aliphatic hydroxyl groups excluding tert-OH is 1. The van der Waals surface area contributed by atoms with Gasteiger partial charge in [0, 0.05) is 5.56 Å². The molecule has 3 aromatic rings. The van der Waals surface area contributed by atoms with Gasteiger partial charge in [-0.15, -0.1) is 0 Å². The number of Topliss-reactive ketones (excluding diaryl/α,β-unsaturated/α-hetero) is 1. The Balaban J connectivity index is 1.55. The lowest BCUT2D eigenvalue weighted by atomic mass is 9.95. The Bertz CT molecular complexity index is 1390. The number of morpholine rings is 1. The zero-order chi connectivity index (χ0) is 27.4. The third-order valence-corrected chi connectivity index (χ3v) is 7.02. The highest BCUT2D eigenvalue weighted by Crippen LogP contribution is 2.40. The topological polar surface area (TPSA) is 89.7 Å². The van der Waals surface area contributed by atoms with Crippen LogP contribution in [0, 0.1) is 5.82 Å². The number of likely N-dealkylation sites (tertiary alicyclic amines) is 1. The molecule has 8 nitrogen and oxygen atoms in total. The lowest BCUT2D eigenvalue weighted by molar-refractivity contribution is -0.907. The average Bonchev–Trinajstić information content (AvgIpc) is 3.22. The zero-order valence-electron chi connectivity index (χ0n) is 21.6. The highest BCUT2D eigenvalue weighted by molar-refractivity contribution is 6.46. The third kappa shape index (κ3) is 5.64. The first-order valence-electron chi connectivity index (χ1n) is 12.8. The van der Waals surface area contributed by atoms with Crippen LogP contribution in [0.2, 0.25) is 0 Å².